The van der Waals surface area contributed by atoms with E-state index in [0.717, 1.165) is 5.56 Å². The normalized spacial score (nSPS) is 11.1. The van der Waals surface area contributed by atoms with Gasteiger partial charge in [0.1, 0.15) is 0 Å². The van der Waals surface area contributed by atoms with Gasteiger partial charge in [-0.1, -0.05) is 57.2 Å². The number of anilines is 1. The van der Waals surface area contributed by atoms with E-state index in [2.05, 4.69) is 5.32 Å². The molecule has 22 heavy (non-hydrogen) atoms. The molecule has 1 N–H and O–H groups in total. The molecule has 0 saturated carbocycles. The lowest BCUT2D eigenvalue weighted by Gasteiger charge is -2.19. The molecule has 0 unspecified atom stereocenters. The molecular formula is C19H21NO2. The summed E-state index contributed by atoms with van der Waals surface area (Å²) < 4.78 is 0. The van der Waals surface area contributed by atoms with Crippen molar-refractivity contribution in [3.05, 3.63) is 65.2 Å². The minimum absolute atomic E-state index is 0.0928. The number of carbonyl (C=O) groups excluding carboxylic acids is 2. The van der Waals surface area contributed by atoms with E-state index in [1.165, 1.54) is 0 Å². The molecule has 3 heteroatoms. The van der Waals surface area contributed by atoms with E-state index in [1.807, 2.05) is 58.0 Å². The van der Waals surface area contributed by atoms with Crippen LogP contribution < -0.4 is 5.32 Å². The number of rotatable bonds is 3. The number of carbonyl (C=O) groups is 2. The highest BCUT2D eigenvalue weighted by Crippen LogP contribution is 2.24. The number of aryl methyl sites for hydroxylation is 1. The van der Waals surface area contributed by atoms with Gasteiger partial charge in [0, 0.05) is 16.5 Å². The van der Waals surface area contributed by atoms with Crippen LogP contribution in [0.25, 0.3) is 0 Å². The Kier molecular flexibility index (Phi) is 4.45. The third-order valence-electron chi connectivity index (χ3n) is 3.39. The molecule has 0 fully saturated rings. The zero-order chi connectivity index (χ0) is 16.3. The van der Waals surface area contributed by atoms with Crippen LogP contribution in [-0.2, 0) is 4.79 Å². The van der Waals surface area contributed by atoms with Crippen molar-refractivity contribution in [2.75, 3.05) is 5.32 Å². The molecule has 0 aromatic heterocycles. The SMILES string of the molecule is Cc1ccc(C(=O)c2ccccc2)c(NC(=O)C(C)(C)C)c1. The van der Waals surface area contributed by atoms with Crippen molar-refractivity contribution in [1.82, 2.24) is 0 Å². The summed E-state index contributed by atoms with van der Waals surface area (Å²) in [7, 11) is 0. The molecule has 1 amide bonds. The fraction of sp³-hybridized carbons (Fsp3) is 0.263. The lowest BCUT2D eigenvalue weighted by atomic mass is 9.94. The quantitative estimate of drug-likeness (QED) is 0.862. The van der Waals surface area contributed by atoms with E-state index in [1.54, 1.807) is 18.2 Å². The number of amides is 1. The van der Waals surface area contributed by atoms with Gasteiger partial charge in [0.25, 0.3) is 0 Å². The van der Waals surface area contributed by atoms with E-state index in [4.69, 9.17) is 0 Å². The molecule has 0 spiro atoms. The molecule has 0 heterocycles. The van der Waals surface area contributed by atoms with E-state index >= 15 is 0 Å². The minimum atomic E-state index is -0.517. The Balaban J connectivity index is 2.40. The molecular weight excluding hydrogens is 274 g/mol. The van der Waals surface area contributed by atoms with Crippen LogP contribution in [0.2, 0.25) is 0 Å². The standard InChI is InChI=1S/C19H21NO2/c1-13-10-11-15(17(21)14-8-6-5-7-9-14)16(12-13)20-18(22)19(2,3)4/h5-12H,1-4H3,(H,20,22). The maximum atomic E-state index is 12.7. The van der Waals surface area contributed by atoms with Gasteiger partial charge < -0.3 is 5.32 Å². The highest BCUT2D eigenvalue weighted by atomic mass is 16.2. The predicted molar refractivity (Wildman–Crippen MR) is 89.1 cm³/mol. The molecule has 0 atom stereocenters. The largest absolute Gasteiger partial charge is 0.325 e. The number of benzene rings is 2. The van der Waals surface area contributed by atoms with Gasteiger partial charge in [-0.15, -0.1) is 0 Å². The second kappa shape index (κ2) is 6.14. The van der Waals surface area contributed by atoms with Crippen LogP contribution in [0.4, 0.5) is 5.69 Å². The topological polar surface area (TPSA) is 46.2 Å². The molecule has 3 nitrogen and oxygen atoms in total. The summed E-state index contributed by atoms with van der Waals surface area (Å²) >= 11 is 0. The van der Waals surface area contributed by atoms with E-state index in [9.17, 15) is 9.59 Å². The molecule has 2 aromatic carbocycles. The maximum absolute atomic E-state index is 12.7. The van der Waals surface area contributed by atoms with Crippen molar-refractivity contribution in [3.63, 3.8) is 0 Å². The smallest absolute Gasteiger partial charge is 0.229 e. The first-order valence-corrected chi connectivity index (χ1v) is 7.31. The fourth-order valence-corrected chi connectivity index (χ4v) is 2.01. The minimum Gasteiger partial charge on any atom is -0.325 e. The Morgan fingerprint density at radius 2 is 1.59 bits per heavy atom. The zero-order valence-corrected chi connectivity index (χ0v) is 13.4. The molecule has 0 bridgehead atoms. The lowest BCUT2D eigenvalue weighted by Crippen LogP contribution is -2.28. The lowest BCUT2D eigenvalue weighted by molar-refractivity contribution is -0.123. The van der Waals surface area contributed by atoms with E-state index < -0.39 is 5.41 Å². The molecule has 0 aliphatic carbocycles. The second-order valence-electron chi connectivity index (χ2n) is 6.45. The van der Waals surface area contributed by atoms with E-state index in [0.29, 0.717) is 16.8 Å². The monoisotopic (exact) mass is 295 g/mol. The second-order valence-corrected chi connectivity index (χ2v) is 6.45. The van der Waals surface area contributed by atoms with Crippen LogP contribution in [-0.4, -0.2) is 11.7 Å². The summed E-state index contributed by atoms with van der Waals surface area (Å²) in [5.41, 5.74) is 2.16. The van der Waals surface area contributed by atoms with Gasteiger partial charge in [0.05, 0.1) is 5.69 Å². The first kappa shape index (κ1) is 16.0. The predicted octanol–water partition coefficient (Wildman–Crippen LogP) is 4.21. The van der Waals surface area contributed by atoms with Crippen LogP contribution >= 0.6 is 0 Å². The van der Waals surface area contributed by atoms with Gasteiger partial charge in [0.15, 0.2) is 5.78 Å². The van der Waals surface area contributed by atoms with Crippen molar-refractivity contribution in [2.45, 2.75) is 27.7 Å². The number of hydrogen-bond acceptors (Lipinski definition) is 2. The van der Waals surface area contributed by atoms with Crippen LogP contribution in [0.15, 0.2) is 48.5 Å². The molecule has 114 valence electrons. The Morgan fingerprint density at radius 3 is 2.18 bits per heavy atom. The zero-order valence-electron chi connectivity index (χ0n) is 13.4. The third-order valence-corrected chi connectivity index (χ3v) is 3.39. The van der Waals surface area contributed by atoms with Gasteiger partial charge in [-0.3, -0.25) is 9.59 Å². The molecule has 0 saturated heterocycles. The number of ketones is 1. The molecule has 0 aliphatic rings. The summed E-state index contributed by atoms with van der Waals surface area (Å²) in [6, 6.07) is 14.6. The number of nitrogens with one attached hydrogen (secondary N) is 1. The van der Waals surface area contributed by atoms with Crippen molar-refractivity contribution in [3.8, 4) is 0 Å². The van der Waals surface area contributed by atoms with Gasteiger partial charge in [-0.05, 0) is 24.6 Å². The van der Waals surface area contributed by atoms with Gasteiger partial charge in [-0.25, -0.2) is 0 Å². The average Bonchev–Trinajstić information content (AvgIpc) is 2.47. The van der Waals surface area contributed by atoms with Gasteiger partial charge >= 0.3 is 0 Å². The highest BCUT2D eigenvalue weighted by molar-refractivity contribution is 6.14. The number of hydrogen-bond donors (Lipinski definition) is 1. The van der Waals surface area contributed by atoms with Crippen LogP contribution in [0, 0.1) is 12.3 Å². The third kappa shape index (κ3) is 3.61. The van der Waals surface area contributed by atoms with Crippen LogP contribution in [0.1, 0.15) is 42.3 Å². The Morgan fingerprint density at radius 1 is 0.955 bits per heavy atom. The average molecular weight is 295 g/mol. The van der Waals surface area contributed by atoms with Crippen molar-refractivity contribution < 1.29 is 9.59 Å². The Bertz CT molecular complexity index is 697. The summed E-state index contributed by atoms with van der Waals surface area (Å²) in [5.74, 6) is -0.204. The summed E-state index contributed by atoms with van der Waals surface area (Å²) in [6.07, 6.45) is 0. The fourth-order valence-electron chi connectivity index (χ4n) is 2.01. The summed E-state index contributed by atoms with van der Waals surface area (Å²) in [4.78, 5) is 24.9. The highest BCUT2D eigenvalue weighted by Gasteiger charge is 2.23. The first-order chi connectivity index (χ1) is 10.3. The molecule has 2 aromatic rings. The van der Waals surface area contributed by atoms with Crippen molar-refractivity contribution in [2.24, 2.45) is 5.41 Å². The van der Waals surface area contributed by atoms with Crippen molar-refractivity contribution >= 4 is 17.4 Å². The molecule has 0 radical (unpaired) electrons. The van der Waals surface area contributed by atoms with Gasteiger partial charge in [-0.2, -0.15) is 0 Å². The van der Waals surface area contributed by atoms with Crippen molar-refractivity contribution in [1.29, 1.82) is 0 Å². The summed E-state index contributed by atoms with van der Waals surface area (Å²) in [6.45, 7) is 7.47. The Hall–Kier alpha value is -2.42. The van der Waals surface area contributed by atoms with E-state index in [-0.39, 0.29) is 11.7 Å². The van der Waals surface area contributed by atoms with Gasteiger partial charge in [0.2, 0.25) is 5.91 Å². The summed E-state index contributed by atoms with van der Waals surface area (Å²) in [5, 5.41) is 2.88. The first-order valence-electron chi connectivity index (χ1n) is 7.31. The molecule has 0 aliphatic heterocycles. The molecule has 2 rings (SSSR count). The van der Waals surface area contributed by atoms with Crippen LogP contribution in [0.3, 0.4) is 0 Å². The Labute approximate surface area is 131 Å². The maximum Gasteiger partial charge on any atom is 0.229 e. The van der Waals surface area contributed by atoms with Crippen LogP contribution in [0.5, 0.6) is 0 Å².